The van der Waals surface area contributed by atoms with Crippen molar-refractivity contribution in [3.8, 4) is 0 Å². The van der Waals surface area contributed by atoms with Crippen LogP contribution in [-0.2, 0) is 13.1 Å². The van der Waals surface area contributed by atoms with Crippen molar-refractivity contribution in [1.82, 2.24) is 24.4 Å². The lowest BCUT2D eigenvalue weighted by atomic mass is 9.99. The summed E-state index contributed by atoms with van der Waals surface area (Å²) in [6.45, 7) is 7.29. The summed E-state index contributed by atoms with van der Waals surface area (Å²) in [7, 11) is 0. The van der Waals surface area contributed by atoms with Gasteiger partial charge in [0.1, 0.15) is 11.6 Å². The monoisotopic (exact) mass is 323 g/mol. The number of aromatic nitrogens is 4. The van der Waals surface area contributed by atoms with E-state index in [1.165, 1.54) is 24.2 Å². The molecule has 3 aromatic rings. The molecule has 0 aliphatic carbocycles. The first-order valence-electron chi connectivity index (χ1n) is 8.91. The van der Waals surface area contributed by atoms with Crippen LogP contribution in [0.3, 0.4) is 0 Å². The number of fused-ring (bicyclic) bond motifs is 2. The SMILES string of the molecule is CC(C)n1c(CNC[C@H]2CCCn3ccnc32)nc2ccccc21. The fourth-order valence-electron chi connectivity index (χ4n) is 3.85. The minimum atomic E-state index is 0.405. The van der Waals surface area contributed by atoms with Gasteiger partial charge in [0, 0.05) is 37.4 Å². The van der Waals surface area contributed by atoms with Crippen LogP contribution in [0.4, 0.5) is 0 Å². The van der Waals surface area contributed by atoms with Crippen LogP contribution in [0.1, 0.15) is 50.3 Å². The molecule has 4 rings (SSSR count). The van der Waals surface area contributed by atoms with Gasteiger partial charge >= 0.3 is 0 Å². The molecule has 1 aromatic carbocycles. The number of rotatable bonds is 5. The predicted molar refractivity (Wildman–Crippen MR) is 96.0 cm³/mol. The molecule has 5 heteroatoms. The summed E-state index contributed by atoms with van der Waals surface area (Å²) in [5, 5.41) is 3.62. The Balaban J connectivity index is 1.49. The topological polar surface area (TPSA) is 47.7 Å². The number of imidazole rings is 2. The molecule has 5 nitrogen and oxygen atoms in total. The highest BCUT2D eigenvalue weighted by Crippen LogP contribution is 2.25. The summed E-state index contributed by atoms with van der Waals surface area (Å²) in [5.74, 6) is 2.85. The lowest BCUT2D eigenvalue weighted by molar-refractivity contribution is 0.418. The van der Waals surface area contributed by atoms with E-state index in [9.17, 15) is 0 Å². The molecule has 3 heterocycles. The van der Waals surface area contributed by atoms with Crippen molar-refractivity contribution in [3.05, 3.63) is 48.3 Å². The minimum Gasteiger partial charge on any atom is -0.335 e. The Bertz CT molecular complexity index is 829. The highest BCUT2D eigenvalue weighted by Gasteiger charge is 2.21. The summed E-state index contributed by atoms with van der Waals surface area (Å²) >= 11 is 0. The van der Waals surface area contributed by atoms with Gasteiger partial charge < -0.3 is 14.5 Å². The van der Waals surface area contributed by atoms with Crippen molar-refractivity contribution >= 4 is 11.0 Å². The van der Waals surface area contributed by atoms with E-state index in [-0.39, 0.29) is 0 Å². The Morgan fingerprint density at radius 2 is 2.17 bits per heavy atom. The Morgan fingerprint density at radius 3 is 3.04 bits per heavy atom. The molecule has 0 saturated carbocycles. The summed E-state index contributed by atoms with van der Waals surface area (Å²) < 4.78 is 4.63. The molecule has 0 spiro atoms. The number of nitrogens with one attached hydrogen (secondary N) is 1. The van der Waals surface area contributed by atoms with Gasteiger partial charge in [0.15, 0.2) is 0 Å². The molecule has 1 N–H and O–H groups in total. The molecule has 24 heavy (non-hydrogen) atoms. The molecule has 1 atom stereocenters. The van der Waals surface area contributed by atoms with E-state index in [1.807, 2.05) is 6.20 Å². The average molecular weight is 323 g/mol. The number of nitrogens with zero attached hydrogens (tertiary/aromatic N) is 4. The van der Waals surface area contributed by atoms with E-state index in [0.717, 1.165) is 31.0 Å². The largest absolute Gasteiger partial charge is 0.335 e. The van der Waals surface area contributed by atoms with Gasteiger partial charge in [0.2, 0.25) is 0 Å². The van der Waals surface area contributed by atoms with Crippen molar-refractivity contribution in [1.29, 1.82) is 0 Å². The van der Waals surface area contributed by atoms with Gasteiger partial charge in [0.05, 0.1) is 17.6 Å². The molecule has 0 bridgehead atoms. The van der Waals surface area contributed by atoms with E-state index in [4.69, 9.17) is 4.98 Å². The maximum atomic E-state index is 4.83. The number of hydrogen-bond donors (Lipinski definition) is 1. The van der Waals surface area contributed by atoms with Gasteiger partial charge in [-0.2, -0.15) is 0 Å². The lowest BCUT2D eigenvalue weighted by Crippen LogP contribution is -2.27. The minimum absolute atomic E-state index is 0.405. The third-order valence-electron chi connectivity index (χ3n) is 4.92. The van der Waals surface area contributed by atoms with Crippen molar-refractivity contribution < 1.29 is 0 Å². The summed E-state index contributed by atoms with van der Waals surface area (Å²) in [5.41, 5.74) is 2.30. The van der Waals surface area contributed by atoms with Gasteiger partial charge in [-0.3, -0.25) is 0 Å². The summed E-state index contributed by atoms with van der Waals surface area (Å²) in [6, 6.07) is 8.79. The van der Waals surface area contributed by atoms with E-state index >= 15 is 0 Å². The van der Waals surface area contributed by atoms with Gasteiger partial charge in [-0.15, -0.1) is 0 Å². The lowest BCUT2D eigenvalue weighted by Gasteiger charge is -2.23. The number of benzene rings is 1. The van der Waals surface area contributed by atoms with Crippen LogP contribution < -0.4 is 5.32 Å². The van der Waals surface area contributed by atoms with Crippen LogP contribution in [-0.4, -0.2) is 25.6 Å². The molecule has 2 aromatic heterocycles. The number of para-hydroxylation sites is 2. The predicted octanol–water partition coefficient (Wildman–Crippen LogP) is 3.48. The highest BCUT2D eigenvalue weighted by molar-refractivity contribution is 5.76. The third-order valence-corrected chi connectivity index (χ3v) is 4.92. The zero-order valence-electron chi connectivity index (χ0n) is 14.4. The molecular weight excluding hydrogens is 298 g/mol. The molecule has 0 fully saturated rings. The first-order chi connectivity index (χ1) is 11.7. The van der Waals surface area contributed by atoms with E-state index in [2.05, 4.69) is 63.7 Å². The zero-order chi connectivity index (χ0) is 16.5. The van der Waals surface area contributed by atoms with Gasteiger partial charge in [0.25, 0.3) is 0 Å². The molecule has 0 saturated heterocycles. The third kappa shape index (κ3) is 2.73. The fraction of sp³-hybridized carbons (Fsp3) is 0.474. The van der Waals surface area contributed by atoms with Crippen LogP contribution >= 0.6 is 0 Å². The first kappa shape index (κ1) is 15.4. The summed E-state index contributed by atoms with van der Waals surface area (Å²) in [4.78, 5) is 9.38. The second-order valence-electron chi connectivity index (χ2n) is 6.93. The Labute approximate surface area is 142 Å². The van der Waals surface area contributed by atoms with Crippen molar-refractivity contribution in [2.24, 2.45) is 0 Å². The quantitative estimate of drug-likeness (QED) is 0.782. The Morgan fingerprint density at radius 1 is 1.29 bits per heavy atom. The molecule has 0 unspecified atom stereocenters. The average Bonchev–Trinajstić information content (AvgIpc) is 3.19. The van der Waals surface area contributed by atoms with E-state index in [1.54, 1.807) is 0 Å². The van der Waals surface area contributed by atoms with E-state index in [0.29, 0.717) is 12.0 Å². The fourth-order valence-corrected chi connectivity index (χ4v) is 3.85. The maximum Gasteiger partial charge on any atom is 0.124 e. The number of aryl methyl sites for hydroxylation is 1. The first-order valence-corrected chi connectivity index (χ1v) is 8.91. The molecule has 1 aliphatic rings. The van der Waals surface area contributed by atoms with Gasteiger partial charge in [-0.25, -0.2) is 9.97 Å². The van der Waals surface area contributed by atoms with Crippen LogP contribution in [0.5, 0.6) is 0 Å². The second kappa shape index (κ2) is 6.40. The van der Waals surface area contributed by atoms with Gasteiger partial charge in [-0.1, -0.05) is 12.1 Å². The van der Waals surface area contributed by atoms with Crippen LogP contribution in [0, 0.1) is 0 Å². The smallest absolute Gasteiger partial charge is 0.124 e. The van der Waals surface area contributed by atoms with Crippen molar-refractivity contribution in [2.45, 2.75) is 51.7 Å². The Hall–Kier alpha value is -2.14. The zero-order valence-corrected chi connectivity index (χ0v) is 14.4. The Kier molecular flexibility index (Phi) is 4.10. The standard InChI is InChI=1S/C19H25N5/c1-14(2)24-17-8-4-3-7-16(17)22-18(24)13-20-12-15-6-5-10-23-11-9-21-19(15)23/h3-4,7-9,11,14-15,20H,5-6,10,12-13H2,1-2H3/t15-/m1/s1. The molecule has 126 valence electrons. The number of hydrogen-bond acceptors (Lipinski definition) is 3. The second-order valence-corrected chi connectivity index (χ2v) is 6.93. The van der Waals surface area contributed by atoms with Gasteiger partial charge in [-0.05, 0) is 38.8 Å². The normalized spacial score (nSPS) is 17.5. The van der Waals surface area contributed by atoms with Crippen LogP contribution in [0.15, 0.2) is 36.7 Å². The van der Waals surface area contributed by atoms with Crippen molar-refractivity contribution in [2.75, 3.05) is 6.54 Å². The summed E-state index contributed by atoms with van der Waals surface area (Å²) in [6.07, 6.45) is 6.47. The van der Waals surface area contributed by atoms with E-state index < -0.39 is 0 Å². The molecular formula is C19H25N5. The molecule has 0 amide bonds. The maximum absolute atomic E-state index is 4.83. The highest BCUT2D eigenvalue weighted by atomic mass is 15.1. The van der Waals surface area contributed by atoms with Crippen LogP contribution in [0.2, 0.25) is 0 Å². The molecule has 0 radical (unpaired) electrons. The molecule has 1 aliphatic heterocycles. The van der Waals surface area contributed by atoms with Crippen molar-refractivity contribution in [3.63, 3.8) is 0 Å². The van der Waals surface area contributed by atoms with Crippen LogP contribution in [0.25, 0.3) is 11.0 Å².